The number of hydrogen-bond donors (Lipinski definition) is 1. The Labute approximate surface area is 160 Å². The Morgan fingerprint density at radius 2 is 1.54 bits per heavy atom. The molecule has 1 atom stereocenters. The smallest absolute Gasteiger partial charge is 0.307 e. The second-order valence-corrected chi connectivity index (χ2v) is 8.10. The number of unbranched alkanes of at least 4 members (excludes halogenated alkanes) is 7. The SMILES string of the molecule is CCCCCCCC/C=C\CCCC(=O)O[C@@H](CC(=O)O)C[N+]([13CH3])([13CH3])[13CH3]. The van der Waals surface area contributed by atoms with Crippen LogP contribution in [0, 0.1) is 0 Å². The standard InChI is InChI=1S/C21H39NO4/c1-5-6-7-8-9-10-11-12-13-14-15-16-21(25)26-19(17-20(23)24)18-22(2,3)4/h12-13,19H,5-11,14-18H2,1-4H3/p+1/b13-12-/t19-/m0/s1/i2+1,3+1,4+1. The summed E-state index contributed by atoms with van der Waals surface area (Å²) in [5.74, 6) is -1.23. The van der Waals surface area contributed by atoms with Gasteiger partial charge in [-0.05, 0) is 25.7 Å². The van der Waals surface area contributed by atoms with E-state index in [2.05, 4.69) is 19.1 Å². The van der Waals surface area contributed by atoms with E-state index >= 15 is 0 Å². The molecule has 0 unspecified atom stereocenters. The fourth-order valence-corrected chi connectivity index (χ4v) is 2.84. The number of carbonyl (C=O) groups excluding carboxylic acids is 1. The molecule has 0 bridgehead atoms. The highest BCUT2D eigenvalue weighted by Gasteiger charge is 2.24. The number of aliphatic carboxylic acids is 1. The molecule has 0 aromatic rings. The molecule has 0 aromatic carbocycles. The summed E-state index contributed by atoms with van der Waals surface area (Å²) in [5, 5.41) is 8.96. The van der Waals surface area contributed by atoms with Gasteiger partial charge in [-0.3, -0.25) is 9.59 Å². The van der Waals surface area contributed by atoms with Crippen LogP contribution in [0.3, 0.4) is 0 Å². The highest BCUT2D eigenvalue weighted by Crippen LogP contribution is 2.10. The Balaban J connectivity index is 3.85. The van der Waals surface area contributed by atoms with Crippen molar-refractivity contribution >= 4 is 11.9 Å². The molecule has 0 aliphatic heterocycles. The van der Waals surface area contributed by atoms with E-state index in [1.165, 1.54) is 38.5 Å². The summed E-state index contributed by atoms with van der Waals surface area (Å²) in [4.78, 5) is 22.9. The minimum Gasteiger partial charge on any atom is -0.481 e. The lowest BCUT2D eigenvalue weighted by Gasteiger charge is -2.28. The molecule has 0 aromatic heterocycles. The Morgan fingerprint density at radius 1 is 0.962 bits per heavy atom. The average molecular weight is 374 g/mol. The van der Waals surface area contributed by atoms with Crippen LogP contribution in [0.25, 0.3) is 0 Å². The zero-order valence-corrected chi connectivity index (χ0v) is 17.3. The molecule has 0 rings (SSSR count). The Morgan fingerprint density at radius 3 is 2.12 bits per heavy atom. The summed E-state index contributed by atoms with van der Waals surface area (Å²) in [6.07, 6.45) is 14.5. The van der Waals surface area contributed by atoms with Crippen molar-refractivity contribution in [1.29, 1.82) is 0 Å². The third-order valence-corrected chi connectivity index (χ3v) is 4.09. The summed E-state index contributed by atoms with van der Waals surface area (Å²) in [6.45, 7) is 2.73. The fourth-order valence-electron chi connectivity index (χ4n) is 2.84. The monoisotopic (exact) mass is 373 g/mol. The van der Waals surface area contributed by atoms with E-state index in [-0.39, 0.29) is 12.4 Å². The summed E-state index contributed by atoms with van der Waals surface area (Å²) < 4.78 is 5.93. The predicted octanol–water partition coefficient (Wildman–Crippen LogP) is 4.56. The maximum atomic E-state index is 11.9. The van der Waals surface area contributed by atoms with Crippen molar-refractivity contribution in [3.05, 3.63) is 12.2 Å². The molecular formula is C21H40NO4+. The van der Waals surface area contributed by atoms with E-state index in [9.17, 15) is 9.59 Å². The van der Waals surface area contributed by atoms with E-state index in [0.29, 0.717) is 17.4 Å². The number of ether oxygens (including phenoxy) is 1. The van der Waals surface area contributed by atoms with Gasteiger partial charge in [0, 0.05) is 6.42 Å². The lowest BCUT2D eigenvalue weighted by Crippen LogP contribution is -2.43. The van der Waals surface area contributed by atoms with Gasteiger partial charge in [-0.15, -0.1) is 0 Å². The second kappa shape index (κ2) is 14.8. The van der Waals surface area contributed by atoms with Crippen molar-refractivity contribution in [1.82, 2.24) is 0 Å². The maximum Gasteiger partial charge on any atom is 0.307 e. The van der Waals surface area contributed by atoms with Crippen LogP contribution in [0.15, 0.2) is 12.2 Å². The number of nitrogens with zero attached hydrogens (tertiary/aromatic N) is 1. The Kier molecular flexibility index (Phi) is 14.0. The summed E-state index contributed by atoms with van der Waals surface area (Å²) in [5.41, 5.74) is 0. The summed E-state index contributed by atoms with van der Waals surface area (Å²) in [6, 6.07) is 0. The molecule has 0 aliphatic rings. The van der Waals surface area contributed by atoms with Crippen molar-refractivity contribution in [2.45, 2.75) is 83.7 Å². The molecule has 0 amide bonds. The highest BCUT2D eigenvalue weighted by molar-refractivity contribution is 5.71. The lowest BCUT2D eigenvalue weighted by molar-refractivity contribution is -0.873. The number of rotatable bonds is 16. The number of carboxylic acids is 1. The van der Waals surface area contributed by atoms with Crippen LogP contribution < -0.4 is 0 Å². The van der Waals surface area contributed by atoms with Gasteiger partial charge in [-0.2, -0.15) is 0 Å². The number of carboxylic acid groups (broad SMARTS) is 1. The number of carbonyl (C=O) groups is 2. The van der Waals surface area contributed by atoms with Crippen LogP contribution >= 0.6 is 0 Å². The van der Waals surface area contributed by atoms with E-state index in [1.54, 1.807) is 0 Å². The molecule has 0 spiro atoms. The molecule has 0 heterocycles. The number of esters is 1. The topological polar surface area (TPSA) is 63.6 Å². The first kappa shape index (κ1) is 24.6. The summed E-state index contributed by atoms with van der Waals surface area (Å²) >= 11 is 0. The molecule has 0 saturated carbocycles. The van der Waals surface area contributed by atoms with Gasteiger partial charge in [0.2, 0.25) is 0 Å². The second-order valence-electron chi connectivity index (χ2n) is 8.10. The van der Waals surface area contributed by atoms with Crippen LogP contribution in [0.4, 0.5) is 0 Å². The minimum absolute atomic E-state index is 0.139. The third kappa shape index (κ3) is 17.5. The van der Waals surface area contributed by atoms with Gasteiger partial charge in [0.05, 0.1) is 27.6 Å². The number of likely N-dealkylation sites (N-methyl/N-ethyl adjacent to an activating group) is 1. The van der Waals surface area contributed by atoms with Gasteiger partial charge >= 0.3 is 11.9 Å². The zero-order valence-electron chi connectivity index (χ0n) is 17.3. The van der Waals surface area contributed by atoms with Crippen molar-refractivity contribution < 1.29 is 23.9 Å². The highest BCUT2D eigenvalue weighted by atomic mass is 16.5. The number of hydrogen-bond acceptors (Lipinski definition) is 3. The van der Waals surface area contributed by atoms with E-state index < -0.39 is 12.1 Å². The van der Waals surface area contributed by atoms with Gasteiger partial charge in [-0.25, -0.2) is 0 Å². The molecule has 0 saturated heterocycles. The molecule has 0 fully saturated rings. The average Bonchev–Trinajstić information content (AvgIpc) is 2.50. The lowest BCUT2D eigenvalue weighted by atomic mass is 10.1. The third-order valence-electron chi connectivity index (χ3n) is 4.09. The molecule has 26 heavy (non-hydrogen) atoms. The van der Waals surface area contributed by atoms with E-state index in [1.807, 2.05) is 21.1 Å². The molecule has 5 heteroatoms. The van der Waals surface area contributed by atoms with E-state index in [0.717, 1.165) is 19.3 Å². The zero-order chi connectivity index (χ0) is 19.8. The first-order valence-corrected chi connectivity index (χ1v) is 10.1. The molecule has 0 radical (unpaired) electrons. The van der Waals surface area contributed by atoms with Crippen molar-refractivity contribution in [3.8, 4) is 0 Å². The van der Waals surface area contributed by atoms with Crippen LogP contribution in [-0.4, -0.2) is 55.3 Å². The van der Waals surface area contributed by atoms with Crippen molar-refractivity contribution in [2.24, 2.45) is 0 Å². The van der Waals surface area contributed by atoms with E-state index in [4.69, 9.17) is 9.84 Å². The van der Waals surface area contributed by atoms with Gasteiger partial charge in [0.15, 0.2) is 6.10 Å². The van der Waals surface area contributed by atoms with Crippen LogP contribution in [-0.2, 0) is 14.3 Å². The molecule has 0 aliphatic carbocycles. The maximum absolute atomic E-state index is 11.9. The van der Waals surface area contributed by atoms with Crippen molar-refractivity contribution in [2.75, 3.05) is 27.7 Å². The quantitative estimate of drug-likeness (QED) is 0.142. The van der Waals surface area contributed by atoms with Crippen LogP contribution in [0.1, 0.15) is 77.6 Å². The Bertz CT molecular complexity index is 413. The van der Waals surface area contributed by atoms with Gasteiger partial charge in [0.1, 0.15) is 6.54 Å². The van der Waals surface area contributed by atoms with Crippen LogP contribution in [0.2, 0.25) is 0 Å². The van der Waals surface area contributed by atoms with Gasteiger partial charge in [-0.1, -0.05) is 51.2 Å². The molecule has 5 nitrogen and oxygen atoms in total. The number of allylic oxidation sites excluding steroid dienone is 2. The molecule has 1 N–H and O–H groups in total. The molecule has 152 valence electrons. The van der Waals surface area contributed by atoms with Gasteiger partial charge < -0.3 is 14.3 Å². The first-order valence-electron chi connectivity index (χ1n) is 10.1. The first-order chi connectivity index (χ1) is 12.2. The normalized spacial score (nSPS) is 13.1. The predicted molar refractivity (Wildman–Crippen MR) is 106 cm³/mol. The largest absolute Gasteiger partial charge is 0.481 e. The number of quaternary nitrogens is 1. The minimum atomic E-state index is -0.936. The van der Waals surface area contributed by atoms with Crippen LogP contribution in [0.5, 0.6) is 0 Å². The fraction of sp³-hybridized carbons (Fsp3) is 0.810. The Hall–Kier alpha value is -1.36. The van der Waals surface area contributed by atoms with Gasteiger partial charge in [0.25, 0.3) is 0 Å². The summed E-state index contributed by atoms with van der Waals surface area (Å²) in [7, 11) is 5.87. The van der Waals surface area contributed by atoms with Crippen molar-refractivity contribution in [3.63, 3.8) is 0 Å². The molecular weight excluding hydrogens is 333 g/mol.